The topological polar surface area (TPSA) is 44.0 Å². The average Bonchev–Trinajstić information content (AvgIpc) is 2.80. The number of H-pyrrole nitrogens is 1. The summed E-state index contributed by atoms with van der Waals surface area (Å²) in [5, 5.41) is 3.43. The van der Waals surface area contributed by atoms with Crippen LogP contribution in [0.15, 0.2) is 12.4 Å². The lowest BCUT2D eigenvalue weighted by atomic mass is 9.97. The Kier molecular flexibility index (Phi) is 3.61. The summed E-state index contributed by atoms with van der Waals surface area (Å²) >= 11 is 0. The zero-order valence-corrected chi connectivity index (χ0v) is 9.37. The van der Waals surface area contributed by atoms with Crippen LogP contribution in [0.25, 0.3) is 0 Å². The summed E-state index contributed by atoms with van der Waals surface area (Å²) in [6, 6.07) is 0. The fourth-order valence-electron chi connectivity index (χ4n) is 2.13. The van der Waals surface area contributed by atoms with Gasteiger partial charge in [0.2, 0.25) is 5.95 Å². The van der Waals surface area contributed by atoms with Crippen LogP contribution >= 0.6 is 0 Å². The highest BCUT2D eigenvalue weighted by Crippen LogP contribution is 2.19. The first-order valence-electron chi connectivity index (χ1n) is 5.85. The first-order valence-corrected chi connectivity index (χ1v) is 5.85. The second-order valence-electron chi connectivity index (χ2n) is 4.15. The molecule has 4 nitrogen and oxygen atoms in total. The quantitative estimate of drug-likeness (QED) is 0.782. The maximum atomic E-state index is 4.28. The van der Waals surface area contributed by atoms with Crippen LogP contribution in [0.2, 0.25) is 0 Å². The number of imidazole rings is 1. The number of nitrogens with zero attached hydrogens (tertiary/aromatic N) is 2. The third-order valence-electron chi connectivity index (χ3n) is 3.08. The van der Waals surface area contributed by atoms with Crippen LogP contribution in [0, 0.1) is 5.92 Å². The molecule has 0 atom stereocenters. The van der Waals surface area contributed by atoms with Gasteiger partial charge in [0.25, 0.3) is 0 Å². The van der Waals surface area contributed by atoms with Crippen molar-refractivity contribution in [3.63, 3.8) is 0 Å². The number of rotatable bonds is 4. The monoisotopic (exact) mass is 208 g/mol. The molecule has 4 heteroatoms. The van der Waals surface area contributed by atoms with Gasteiger partial charge in [-0.2, -0.15) is 0 Å². The molecular formula is C11H20N4. The minimum Gasteiger partial charge on any atom is -0.342 e. The maximum Gasteiger partial charge on any atom is 0.202 e. The Morgan fingerprint density at radius 1 is 1.53 bits per heavy atom. The highest BCUT2D eigenvalue weighted by molar-refractivity contribution is 5.29. The Bertz CT molecular complexity index is 262. The van der Waals surface area contributed by atoms with Gasteiger partial charge in [-0.25, -0.2) is 4.98 Å². The molecule has 1 saturated heterocycles. The Morgan fingerprint density at radius 3 is 2.93 bits per heavy atom. The van der Waals surface area contributed by atoms with Gasteiger partial charge in [-0.15, -0.1) is 0 Å². The maximum absolute atomic E-state index is 4.28. The van der Waals surface area contributed by atoms with Crippen molar-refractivity contribution in [1.82, 2.24) is 15.3 Å². The van der Waals surface area contributed by atoms with Crippen molar-refractivity contribution in [2.75, 3.05) is 31.1 Å². The molecule has 1 aromatic heterocycles. The molecule has 2 heterocycles. The molecule has 1 aliphatic heterocycles. The van der Waals surface area contributed by atoms with Crippen molar-refractivity contribution in [2.45, 2.75) is 19.8 Å². The first kappa shape index (κ1) is 10.5. The smallest absolute Gasteiger partial charge is 0.202 e. The van der Waals surface area contributed by atoms with E-state index in [1.165, 1.54) is 19.4 Å². The summed E-state index contributed by atoms with van der Waals surface area (Å²) in [6.45, 7) is 6.67. The van der Waals surface area contributed by atoms with Gasteiger partial charge >= 0.3 is 0 Å². The normalized spacial score (nSPS) is 18.3. The summed E-state index contributed by atoms with van der Waals surface area (Å²) < 4.78 is 0. The Balaban J connectivity index is 1.77. The summed E-state index contributed by atoms with van der Waals surface area (Å²) in [5.74, 6) is 1.87. The van der Waals surface area contributed by atoms with Crippen LogP contribution in [0.1, 0.15) is 19.8 Å². The zero-order chi connectivity index (χ0) is 10.5. The number of aromatic nitrogens is 2. The van der Waals surface area contributed by atoms with Gasteiger partial charge in [-0.05, 0) is 31.8 Å². The average molecular weight is 208 g/mol. The molecule has 0 bridgehead atoms. The van der Waals surface area contributed by atoms with Crippen molar-refractivity contribution in [2.24, 2.45) is 5.92 Å². The molecule has 0 saturated carbocycles. The lowest BCUT2D eigenvalue weighted by Gasteiger charge is -2.31. The fourth-order valence-corrected chi connectivity index (χ4v) is 2.13. The molecule has 0 unspecified atom stereocenters. The second-order valence-corrected chi connectivity index (χ2v) is 4.15. The first-order chi connectivity index (χ1) is 7.40. The highest BCUT2D eigenvalue weighted by atomic mass is 15.3. The molecule has 0 spiro atoms. The van der Waals surface area contributed by atoms with Crippen molar-refractivity contribution < 1.29 is 0 Å². The summed E-state index contributed by atoms with van der Waals surface area (Å²) in [6.07, 6.45) is 6.25. The van der Waals surface area contributed by atoms with Crippen LogP contribution in [0.4, 0.5) is 5.95 Å². The van der Waals surface area contributed by atoms with Crippen molar-refractivity contribution in [3.05, 3.63) is 12.4 Å². The van der Waals surface area contributed by atoms with E-state index in [0.717, 1.165) is 31.5 Å². The lowest BCUT2D eigenvalue weighted by Crippen LogP contribution is -2.37. The second kappa shape index (κ2) is 5.16. The van der Waals surface area contributed by atoms with E-state index in [2.05, 4.69) is 27.1 Å². The van der Waals surface area contributed by atoms with E-state index in [4.69, 9.17) is 0 Å². The molecule has 0 aliphatic carbocycles. The van der Waals surface area contributed by atoms with Crippen molar-refractivity contribution in [3.8, 4) is 0 Å². The molecule has 1 aliphatic rings. The molecule has 84 valence electrons. The fraction of sp³-hybridized carbons (Fsp3) is 0.727. The molecular weight excluding hydrogens is 188 g/mol. The predicted octanol–water partition coefficient (Wildman–Crippen LogP) is 1.24. The van der Waals surface area contributed by atoms with E-state index in [1.54, 1.807) is 0 Å². The number of nitrogens with one attached hydrogen (secondary N) is 2. The van der Waals surface area contributed by atoms with E-state index >= 15 is 0 Å². The van der Waals surface area contributed by atoms with E-state index in [-0.39, 0.29) is 0 Å². The molecule has 15 heavy (non-hydrogen) atoms. The minimum absolute atomic E-state index is 0.844. The lowest BCUT2D eigenvalue weighted by molar-refractivity contribution is 0.384. The summed E-state index contributed by atoms with van der Waals surface area (Å²) in [7, 11) is 0. The van der Waals surface area contributed by atoms with Crippen LogP contribution in [-0.2, 0) is 0 Å². The van der Waals surface area contributed by atoms with E-state index < -0.39 is 0 Å². The molecule has 0 radical (unpaired) electrons. The number of anilines is 1. The number of piperidine rings is 1. The van der Waals surface area contributed by atoms with Gasteiger partial charge in [-0.3, -0.25) is 0 Å². The van der Waals surface area contributed by atoms with Gasteiger partial charge in [0.05, 0.1) is 0 Å². The molecule has 2 rings (SSSR count). The molecule has 1 aromatic rings. The Labute approximate surface area is 91.1 Å². The summed E-state index contributed by atoms with van der Waals surface area (Å²) in [4.78, 5) is 9.78. The van der Waals surface area contributed by atoms with Crippen LogP contribution < -0.4 is 10.2 Å². The van der Waals surface area contributed by atoms with Crippen LogP contribution in [0.5, 0.6) is 0 Å². The SMILES string of the molecule is CCNCC1CCN(c2ncc[nH]2)CC1. The largest absolute Gasteiger partial charge is 0.342 e. The van der Waals surface area contributed by atoms with Crippen LogP contribution in [-0.4, -0.2) is 36.1 Å². The van der Waals surface area contributed by atoms with Gasteiger partial charge in [0, 0.05) is 25.5 Å². The predicted molar refractivity (Wildman–Crippen MR) is 62.1 cm³/mol. The summed E-state index contributed by atoms with van der Waals surface area (Å²) in [5.41, 5.74) is 0. The third-order valence-corrected chi connectivity index (χ3v) is 3.08. The van der Waals surface area contributed by atoms with Gasteiger partial charge in [-0.1, -0.05) is 6.92 Å². The molecule has 0 aromatic carbocycles. The Hall–Kier alpha value is -1.03. The standard InChI is InChI=1S/C11H20N4/c1-2-12-9-10-3-7-15(8-4-10)11-13-5-6-14-11/h5-6,10,12H,2-4,7-9H2,1H3,(H,13,14). The molecule has 0 amide bonds. The van der Waals surface area contributed by atoms with Gasteiger partial charge in [0.15, 0.2) is 0 Å². The van der Waals surface area contributed by atoms with Crippen LogP contribution in [0.3, 0.4) is 0 Å². The van der Waals surface area contributed by atoms with Crippen molar-refractivity contribution in [1.29, 1.82) is 0 Å². The molecule has 1 fully saturated rings. The highest BCUT2D eigenvalue weighted by Gasteiger charge is 2.19. The third kappa shape index (κ3) is 2.72. The van der Waals surface area contributed by atoms with E-state index in [1.807, 2.05) is 12.4 Å². The number of hydrogen-bond donors (Lipinski definition) is 2. The number of hydrogen-bond acceptors (Lipinski definition) is 3. The molecule has 2 N–H and O–H groups in total. The van der Waals surface area contributed by atoms with E-state index in [0.29, 0.717) is 0 Å². The van der Waals surface area contributed by atoms with Crippen molar-refractivity contribution >= 4 is 5.95 Å². The minimum atomic E-state index is 0.844. The van der Waals surface area contributed by atoms with E-state index in [9.17, 15) is 0 Å². The van der Waals surface area contributed by atoms with Gasteiger partial charge in [0.1, 0.15) is 0 Å². The zero-order valence-electron chi connectivity index (χ0n) is 9.37. The Morgan fingerprint density at radius 2 is 2.33 bits per heavy atom. The van der Waals surface area contributed by atoms with Gasteiger partial charge < -0.3 is 15.2 Å². The number of aromatic amines is 1.